The third-order valence-electron chi connectivity index (χ3n) is 4.43. The van der Waals surface area contributed by atoms with E-state index < -0.39 is 11.2 Å². The lowest BCUT2D eigenvalue weighted by Crippen LogP contribution is -2.48. The number of aromatic nitrogens is 2. The van der Waals surface area contributed by atoms with Gasteiger partial charge in [-0.25, -0.2) is 0 Å². The molecule has 2 rings (SSSR count). The second-order valence-electron chi connectivity index (χ2n) is 7.98. The number of amides is 1. The zero-order valence-electron chi connectivity index (χ0n) is 16.6. The number of hydrogen-bond acceptors (Lipinski definition) is 3. The largest absolute Gasteiger partial charge is 0.376 e. The van der Waals surface area contributed by atoms with Crippen LogP contribution in [0.5, 0.6) is 0 Å². The molecule has 1 amide bonds. The molecule has 0 bridgehead atoms. The van der Waals surface area contributed by atoms with Crippen LogP contribution in [0.1, 0.15) is 38.6 Å². The van der Waals surface area contributed by atoms with E-state index in [0.717, 1.165) is 12.1 Å². The molecule has 1 N–H and O–H groups in total. The summed E-state index contributed by atoms with van der Waals surface area (Å²) in [6, 6.07) is 1.37. The summed E-state index contributed by atoms with van der Waals surface area (Å²) >= 11 is 0. The monoisotopic (exact) mass is 398 g/mol. The molecular weight excluding hydrogens is 369 g/mol. The molecule has 1 aromatic heterocycles. The minimum Gasteiger partial charge on any atom is -0.376 e. The summed E-state index contributed by atoms with van der Waals surface area (Å²) in [7, 11) is 3.50. The van der Waals surface area contributed by atoms with Gasteiger partial charge < -0.3 is 10.2 Å². The highest BCUT2D eigenvalue weighted by atomic mass is 31.0. The summed E-state index contributed by atoms with van der Waals surface area (Å²) in [5, 5.41) is 7.01. The highest BCUT2D eigenvalue weighted by molar-refractivity contribution is 7.17. The Morgan fingerprint density at radius 1 is 1.44 bits per heavy atom. The zero-order chi connectivity index (χ0) is 20.4. The first kappa shape index (κ1) is 21.5. The maximum absolute atomic E-state index is 13.5. The number of aryl methyl sites for hydroxylation is 1. The van der Waals surface area contributed by atoms with Gasteiger partial charge in [0, 0.05) is 31.4 Å². The molecular formula is C19H29F2N4OP. The molecule has 0 fully saturated rings. The molecule has 2 heterocycles. The minimum atomic E-state index is -3.06. The normalized spacial score (nSPS) is 16.3. The van der Waals surface area contributed by atoms with Gasteiger partial charge in [0.05, 0.1) is 12.1 Å². The SMILES string of the molecule is Cc1cc(C(F)(F)P)nn1CC(C)(C)NC(=O)C(C)CC1=CN(C)CC=C1. The summed E-state index contributed by atoms with van der Waals surface area (Å²) in [5.74, 6) is -0.263. The van der Waals surface area contributed by atoms with E-state index in [-0.39, 0.29) is 17.5 Å². The zero-order valence-corrected chi connectivity index (χ0v) is 17.7. The van der Waals surface area contributed by atoms with Crippen LogP contribution >= 0.6 is 9.24 Å². The van der Waals surface area contributed by atoms with Crippen molar-refractivity contribution in [2.24, 2.45) is 5.92 Å². The van der Waals surface area contributed by atoms with E-state index in [0.29, 0.717) is 18.7 Å². The maximum atomic E-state index is 13.5. The molecule has 2 atom stereocenters. The van der Waals surface area contributed by atoms with Crippen molar-refractivity contribution in [1.29, 1.82) is 0 Å². The van der Waals surface area contributed by atoms with Crippen LogP contribution in [0.25, 0.3) is 0 Å². The fourth-order valence-corrected chi connectivity index (χ4v) is 3.16. The lowest BCUT2D eigenvalue weighted by atomic mass is 9.97. The molecule has 2 unspecified atom stereocenters. The fraction of sp³-hybridized carbons (Fsp3) is 0.579. The van der Waals surface area contributed by atoms with Crippen LogP contribution in [-0.4, -0.2) is 39.7 Å². The Labute approximate surface area is 162 Å². The third kappa shape index (κ3) is 6.13. The number of nitrogens with zero attached hydrogens (tertiary/aromatic N) is 3. The molecule has 5 nitrogen and oxygen atoms in total. The van der Waals surface area contributed by atoms with Gasteiger partial charge in [0.25, 0.3) is 0 Å². The highest BCUT2D eigenvalue weighted by Gasteiger charge is 2.30. The molecule has 0 radical (unpaired) electrons. The fourth-order valence-electron chi connectivity index (χ4n) is 3.02. The molecule has 0 spiro atoms. The maximum Gasteiger partial charge on any atom is 0.302 e. The van der Waals surface area contributed by atoms with E-state index in [1.165, 1.54) is 20.0 Å². The van der Waals surface area contributed by atoms with Crippen LogP contribution in [0.3, 0.4) is 0 Å². The Morgan fingerprint density at radius 3 is 2.67 bits per heavy atom. The molecule has 0 aromatic carbocycles. The smallest absolute Gasteiger partial charge is 0.302 e. The quantitative estimate of drug-likeness (QED) is 0.716. The van der Waals surface area contributed by atoms with Crippen molar-refractivity contribution in [1.82, 2.24) is 20.0 Å². The van der Waals surface area contributed by atoms with Gasteiger partial charge in [-0.1, -0.05) is 28.3 Å². The molecule has 150 valence electrons. The lowest BCUT2D eigenvalue weighted by Gasteiger charge is -2.29. The molecule has 1 aromatic rings. The summed E-state index contributed by atoms with van der Waals surface area (Å²) in [4.78, 5) is 14.7. The molecule has 1 aliphatic rings. The summed E-state index contributed by atoms with van der Waals surface area (Å²) in [5.41, 5.74) is -2.24. The van der Waals surface area contributed by atoms with Crippen molar-refractivity contribution in [3.8, 4) is 0 Å². The molecule has 0 saturated heterocycles. The van der Waals surface area contributed by atoms with Gasteiger partial charge in [0.2, 0.25) is 5.91 Å². The van der Waals surface area contributed by atoms with Gasteiger partial charge >= 0.3 is 5.66 Å². The van der Waals surface area contributed by atoms with E-state index in [4.69, 9.17) is 0 Å². The molecule has 0 aliphatic carbocycles. The summed E-state index contributed by atoms with van der Waals surface area (Å²) in [6.45, 7) is 8.53. The van der Waals surface area contributed by atoms with Crippen LogP contribution in [0.2, 0.25) is 0 Å². The lowest BCUT2D eigenvalue weighted by molar-refractivity contribution is -0.126. The minimum absolute atomic E-state index is 0.0658. The van der Waals surface area contributed by atoms with Crippen molar-refractivity contribution in [2.75, 3.05) is 13.6 Å². The van der Waals surface area contributed by atoms with Crippen molar-refractivity contribution in [2.45, 2.75) is 51.9 Å². The number of nitrogens with one attached hydrogen (secondary N) is 1. The van der Waals surface area contributed by atoms with E-state index in [1.807, 2.05) is 40.1 Å². The van der Waals surface area contributed by atoms with Gasteiger partial charge in [-0.05, 0) is 38.8 Å². The molecule has 27 heavy (non-hydrogen) atoms. The average Bonchev–Trinajstić information content (AvgIpc) is 2.87. The predicted molar refractivity (Wildman–Crippen MR) is 106 cm³/mol. The second kappa shape index (κ2) is 8.09. The number of alkyl halides is 2. The van der Waals surface area contributed by atoms with Crippen LogP contribution in [0.15, 0.2) is 30.0 Å². The Balaban J connectivity index is 1.99. The third-order valence-corrected chi connectivity index (χ3v) is 4.73. The van der Waals surface area contributed by atoms with Crippen molar-refractivity contribution >= 4 is 15.1 Å². The Kier molecular flexibility index (Phi) is 6.46. The first-order valence-corrected chi connectivity index (χ1v) is 9.56. The number of halogens is 2. The first-order chi connectivity index (χ1) is 12.4. The molecule has 0 saturated carbocycles. The number of carbonyl (C=O) groups is 1. The van der Waals surface area contributed by atoms with Crippen LogP contribution in [-0.2, 0) is 17.0 Å². The second-order valence-corrected chi connectivity index (χ2v) is 8.70. The summed E-state index contributed by atoms with van der Waals surface area (Å²) < 4.78 is 28.4. The Hall–Kier alpha value is -1.75. The average molecular weight is 398 g/mol. The number of carbonyl (C=O) groups excluding carboxylic acids is 1. The topological polar surface area (TPSA) is 50.2 Å². The predicted octanol–water partition coefficient (Wildman–Crippen LogP) is 3.42. The van der Waals surface area contributed by atoms with E-state index in [1.54, 1.807) is 6.92 Å². The van der Waals surface area contributed by atoms with Gasteiger partial charge in [-0.15, -0.1) is 0 Å². The molecule has 1 aliphatic heterocycles. The first-order valence-electron chi connectivity index (χ1n) is 8.98. The highest BCUT2D eigenvalue weighted by Crippen LogP contribution is 2.34. The van der Waals surface area contributed by atoms with Crippen LogP contribution in [0, 0.1) is 12.8 Å². The van der Waals surface area contributed by atoms with Gasteiger partial charge in [0.15, 0.2) is 0 Å². The van der Waals surface area contributed by atoms with Gasteiger partial charge in [0.1, 0.15) is 5.69 Å². The number of rotatable bonds is 7. The Bertz CT molecular complexity index is 749. The van der Waals surface area contributed by atoms with Gasteiger partial charge in [-0.2, -0.15) is 13.9 Å². The van der Waals surface area contributed by atoms with E-state index >= 15 is 0 Å². The standard InChI is InChI=1S/C19H29F2N4OP/c1-13(9-15-7-6-8-24(5)11-15)17(26)22-18(3,4)12-25-14(2)10-16(23-25)19(20,21)27/h6-7,10-11,13H,8-9,12,27H2,1-5H3,(H,22,26). The Morgan fingerprint density at radius 2 is 2.11 bits per heavy atom. The van der Waals surface area contributed by atoms with Crippen molar-refractivity contribution in [3.05, 3.63) is 41.4 Å². The van der Waals surface area contributed by atoms with Gasteiger partial charge in [-0.3, -0.25) is 9.48 Å². The van der Waals surface area contributed by atoms with Crippen LogP contribution < -0.4 is 5.32 Å². The summed E-state index contributed by atoms with van der Waals surface area (Å²) in [6.07, 6.45) is 6.82. The molecule has 8 heteroatoms. The van der Waals surface area contributed by atoms with Crippen molar-refractivity contribution in [3.63, 3.8) is 0 Å². The number of hydrogen-bond donors (Lipinski definition) is 1. The number of allylic oxidation sites excluding steroid dienone is 2. The van der Waals surface area contributed by atoms with E-state index in [2.05, 4.69) is 21.4 Å². The van der Waals surface area contributed by atoms with E-state index in [9.17, 15) is 13.6 Å². The number of likely N-dealkylation sites (N-methyl/N-ethyl adjacent to an activating group) is 1. The van der Waals surface area contributed by atoms with Crippen molar-refractivity contribution < 1.29 is 13.6 Å². The van der Waals surface area contributed by atoms with Crippen LogP contribution in [0.4, 0.5) is 8.78 Å².